The summed E-state index contributed by atoms with van der Waals surface area (Å²) in [5, 5.41) is 0. The van der Waals surface area contributed by atoms with Gasteiger partial charge in [0.1, 0.15) is 32.2 Å². The number of piperazine rings is 1. The van der Waals surface area contributed by atoms with Crippen LogP contribution in [-0.4, -0.2) is 49.6 Å². The van der Waals surface area contributed by atoms with Crippen LogP contribution in [0.1, 0.15) is 42.9 Å². The Labute approximate surface area is 184 Å². The van der Waals surface area contributed by atoms with Crippen molar-refractivity contribution in [2.24, 2.45) is 11.8 Å². The zero-order valence-electron chi connectivity index (χ0n) is 18.1. The number of carbonyl (C=O) groups is 2. The standard InChI is InChI=1S/C26H31N3O2/c30-25-22-13-7-8-14-23(22)26(31)29(25)19-27-15-17-28(18-16-27)24(20-9-3-1-4-10-20)21-11-5-2-6-12-21/h1-6,9-12,22-24H,7-8,13-19H2/p+2/t22-,23+. The lowest BCUT2D eigenvalue weighted by Gasteiger charge is -2.36. The quantitative estimate of drug-likeness (QED) is 0.701. The maximum atomic E-state index is 12.9. The van der Waals surface area contributed by atoms with E-state index in [0.717, 1.165) is 51.9 Å². The number of nitrogens with zero attached hydrogens (tertiary/aromatic N) is 1. The number of rotatable bonds is 5. The van der Waals surface area contributed by atoms with Crippen molar-refractivity contribution in [3.05, 3.63) is 71.8 Å². The fourth-order valence-electron chi connectivity index (χ4n) is 5.94. The maximum Gasteiger partial charge on any atom is 0.237 e. The maximum absolute atomic E-state index is 12.9. The predicted octanol–water partition coefficient (Wildman–Crippen LogP) is 0.692. The highest BCUT2D eigenvalue weighted by molar-refractivity contribution is 6.05. The number of amides is 2. The fraction of sp³-hybridized carbons (Fsp3) is 0.462. The van der Waals surface area contributed by atoms with Gasteiger partial charge in [-0.15, -0.1) is 0 Å². The number of hydrogen-bond acceptors (Lipinski definition) is 2. The van der Waals surface area contributed by atoms with Crippen molar-refractivity contribution in [1.29, 1.82) is 0 Å². The molecule has 2 aliphatic heterocycles. The summed E-state index contributed by atoms with van der Waals surface area (Å²) in [4.78, 5) is 30.2. The van der Waals surface area contributed by atoms with Gasteiger partial charge in [-0.2, -0.15) is 0 Å². The third-order valence-corrected chi connectivity index (χ3v) is 7.59. The second-order valence-corrected chi connectivity index (χ2v) is 9.42. The number of fused-ring (bicyclic) bond motifs is 1. The lowest BCUT2D eigenvalue weighted by Crippen LogP contribution is -3.28. The van der Waals surface area contributed by atoms with E-state index in [1.165, 1.54) is 16.0 Å². The van der Waals surface area contributed by atoms with Gasteiger partial charge in [0.15, 0.2) is 6.67 Å². The Bertz CT molecular complexity index is 845. The van der Waals surface area contributed by atoms with Crippen molar-refractivity contribution in [2.45, 2.75) is 31.7 Å². The molecule has 0 aromatic heterocycles. The molecule has 2 aromatic carbocycles. The van der Waals surface area contributed by atoms with E-state index in [1.54, 1.807) is 9.80 Å². The first kappa shape index (κ1) is 20.4. The van der Waals surface area contributed by atoms with E-state index >= 15 is 0 Å². The minimum absolute atomic E-state index is 0.0342. The van der Waals surface area contributed by atoms with Crippen LogP contribution in [-0.2, 0) is 9.59 Å². The predicted molar refractivity (Wildman–Crippen MR) is 118 cm³/mol. The molecule has 2 atom stereocenters. The van der Waals surface area contributed by atoms with Gasteiger partial charge in [0, 0.05) is 11.1 Å². The van der Waals surface area contributed by atoms with E-state index in [0.29, 0.717) is 12.7 Å². The van der Waals surface area contributed by atoms with Crippen LogP contribution >= 0.6 is 0 Å². The third-order valence-electron chi connectivity index (χ3n) is 7.59. The van der Waals surface area contributed by atoms with Crippen LogP contribution in [0.3, 0.4) is 0 Å². The van der Waals surface area contributed by atoms with E-state index in [4.69, 9.17) is 0 Å². The van der Waals surface area contributed by atoms with Crippen LogP contribution < -0.4 is 9.80 Å². The largest absolute Gasteiger partial charge is 0.316 e. The highest BCUT2D eigenvalue weighted by Gasteiger charge is 2.49. The van der Waals surface area contributed by atoms with Crippen molar-refractivity contribution in [2.75, 3.05) is 32.8 Å². The summed E-state index contributed by atoms with van der Waals surface area (Å²) in [6.07, 6.45) is 3.97. The lowest BCUT2D eigenvalue weighted by atomic mass is 9.81. The first-order valence-corrected chi connectivity index (χ1v) is 11.9. The lowest BCUT2D eigenvalue weighted by molar-refractivity contribution is -1.03. The number of benzene rings is 2. The van der Waals surface area contributed by atoms with Gasteiger partial charge in [-0.05, 0) is 12.8 Å². The van der Waals surface area contributed by atoms with Crippen LogP contribution in [0.15, 0.2) is 60.7 Å². The number of nitrogens with one attached hydrogen (secondary N) is 2. The molecule has 5 rings (SSSR count). The summed E-state index contributed by atoms with van der Waals surface area (Å²) in [6, 6.07) is 21.9. The van der Waals surface area contributed by atoms with Crippen molar-refractivity contribution < 1.29 is 19.4 Å². The molecule has 2 N–H and O–H groups in total. The molecule has 5 heteroatoms. The zero-order chi connectivity index (χ0) is 21.2. The summed E-state index contributed by atoms with van der Waals surface area (Å²) in [5.74, 6) is 0.132. The molecule has 5 nitrogen and oxygen atoms in total. The average Bonchev–Trinajstić information content (AvgIpc) is 3.07. The van der Waals surface area contributed by atoms with Gasteiger partial charge in [-0.25, -0.2) is 4.90 Å². The van der Waals surface area contributed by atoms with Crippen LogP contribution in [0.25, 0.3) is 0 Å². The number of quaternary nitrogens is 2. The molecule has 3 aliphatic rings. The summed E-state index contributed by atoms with van der Waals surface area (Å²) in [7, 11) is 0. The Kier molecular flexibility index (Phi) is 5.88. The number of likely N-dealkylation sites (tertiary alicyclic amines) is 1. The number of carbonyl (C=O) groups excluding carboxylic acids is 2. The molecule has 1 aliphatic carbocycles. The minimum Gasteiger partial charge on any atom is -0.316 e. The van der Waals surface area contributed by atoms with E-state index in [2.05, 4.69) is 60.7 Å². The molecule has 2 aromatic rings. The molecule has 0 spiro atoms. The van der Waals surface area contributed by atoms with Crippen molar-refractivity contribution in [1.82, 2.24) is 4.90 Å². The highest BCUT2D eigenvalue weighted by atomic mass is 16.2. The Morgan fingerprint density at radius 1 is 0.742 bits per heavy atom. The first-order valence-electron chi connectivity index (χ1n) is 11.9. The molecule has 0 bridgehead atoms. The molecule has 2 heterocycles. The van der Waals surface area contributed by atoms with E-state index in [-0.39, 0.29) is 23.7 Å². The van der Waals surface area contributed by atoms with E-state index < -0.39 is 0 Å². The molecule has 0 unspecified atom stereocenters. The normalized spacial score (nSPS) is 28.7. The Morgan fingerprint density at radius 2 is 1.23 bits per heavy atom. The number of imide groups is 1. The highest BCUT2D eigenvalue weighted by Crippen LogP contribution is 2.37. The van der Waals surface area contributed by atoms with Gasteiger partial charge in [0.05, 0.1) is 11.8 Å². The van der Waals surface area contributed by atoms with E-state index in [9.17, 15) is 9.59 Å². The van der Waals surface area contributed by atoms with Crippen molar-refractivity contribution >= 4 is 11.8 Å². The fourth-order valence-corrected chi connectivity index (χ4v) is 5.94. The molecular weight excluding hydrogens is 386 g/mol. The third kappa shape index (κ3) is 4.04. The molecule has 0 radical (unpaired) electrons. The van der Waals surface area contributed by atoms with Gasteiger partial charge in [0.25, 0.3) is 0 Å². The summed E-state index contributed by atoms with van der Waals surface area (Å²) in [5.41, 5.74) is 2.70. The molecular formula is C26H33N3O2+2. The van der Waals surface area contributed by atoms with Crippen LogP contribution in [0.2, 0.25) is 0 Å². The second kappa shape index (κ2) is 8.93. The average molecular weight is 420 g/mol. The first-order chi connectivity index (χ1) is 15.2. The Morgan fingerprint density at radius 3 is 1.71 bits per heavy atom. The van der Waals surface area contributed by atoms with Crippen LogP contribution in [0.5, 0.6) is 0 Å². The molecule has 3 fully saturated rings. The Balaban J connectivity index is 1.26. The van der Waals surface area contributed by atoms with Gasteiger partial charge >= 0.3 is 0 Å². The molecule has 162 valence electrons. The topological polar surface area (TPSA) is 46.3 Å². The summed E-state index contributed by atoms with van der Waals surface area (Å²) in [6.45, 7) is 4.59. The van der Waals surface area contributed by atoms with Crippen molar-refractivity contribution in [3.63, 3.8) is 0 Å². The number of hydrogen-bond donors (Lipinski definition) is 2. The summed E-state index contributed by atoms with van der Waals surface area (Å²) < 4.78 is 0. The minimum atomic E-state index is -0.0342. The summed E-state index contributed by atoms with van der Waals surface area (Å²) >= 11 is 0. The monoisotopic (exact) mass is 419 g/mol. The second-order valence-electron chi connectivity index (χ2n) is 9.42. The SMILES string of the molecule is O=C1[C@H]2CCCC[C@H]2C(=O)N1C[NH+]1CC[NH+](C(c2ccccc2)c2ccccc2)CC1. The van der Waals surface area contributed by atoms with Gasteiger partial charge in [0.2, 0.25) is 11.8 Å². The van der Waals surface area contributed by atoms with Crippen LogP contribution in [0, 0.1) is 11.8 Å². The smallest absolute Gasteiger partial charge is 0.237 e. The molecule has 2 saturated heterocycles. The van der Waals surface area contributed by atoms with Crippen LogP contribution in [0.4, 0.5) is 0 Å². The molecule has 31 heavy (non-hydrogen) atoms. The van der Waals surface area contributed by atoms with E-state index in [1.807, 2.05) is 0 Å². The molecule has 2 amide bonds. The van der Waals surface area contributed by atoms with Gasteiger partial charge in [-0.3, -0.25) is 9.59 Å². The van der Waals surface area contributed by atoms with Crippen molar-refractivity contribution in [3.8, 4) is 0 Å². The van der Waals surface area contributed by atoms with Gasteiger partial charge < -0.3 is 9.80 Å². The Hall–Kier alpha value is -2.50. The van der Waals surface area contributed by atoms with Gasteiger partial charge in [-0.1, -0.05) is 73.5 Å². The molecule has 1 saturated carbocycles. The zero-order valence-corrected chi connectivity index (χ0v) is 18.1.